The Hall–Kier alpha value is -3.86. The number of nitriles is 1. The van der Waals surface area contributed by atoms with Crippen molar-refractivity contribution < 1.29 is 19.1 Å². The number of hydrogen-bond acceptors (Lipinski definition) is 5. The minimum absolute atomic E-state index is 0.0100. The summed E-state index contributed by atoms with van der Waals surface area (Å²) in [7, 11) is 1.79. The lowest BCUT2D eigenvalue weighted by Gasteiger charge is -2.35. The number of carbonyl (C=O) groups excluding carboxylic acids is 3. The van der Waals surface area contributed by atoms with Gasteiger partial charge in [0, 0.05) is 25.2 Å². The second-order valence-electron chi connectivity index (χ2n) is 11.6. The minimum atomic E-state index is -0.715. The van der Waals surface area contributed by atoms with Crippen LogP contribution in [0.15, 0.2) is 42.5 Å². The Morgan fingerprint density at radius 3 is 2.53 bits per heavy atom. The number of rotatable bonds is 5. The third-order valence-electron chi connectivity index (χ3n) is 7.82. The zero-order valence-electron chi connectivity index (χ0n) is 22.4. The first-order valence-corrected chi connectivity index (χ1v) is 13.2. The maximum absolute atomic E-state index is 13.3. The minimum Gasteiger partial charge on any atom is -0.444 e. The van der Waals surface area contributed by atoms with Crippen LogP contribution in [0, 0.1) is 17.2 Å². The molecule has 2 aromatic rings. The molecule has 4 atom stereocenters. The van der Waals surface area contributed by atoms with E-state index in [0.717, 1.165) is 47.2 Å². The van der Waals surface area contributed by atoms with Gasteiger partial charge in [-0.15, -0.1) is 0 Å². The predicted molar refractivity (Wildman–Crippen MR) is 143 cm³/mol. The molecule has 198 valence electrons. The summed E-state index contributed by atoms with van der Waals surface area (Å²) in [6.07, 6.45) is 2.90. The van der Waals surface area contributed by atoms with Gasteiger partial charge in [0.25, 0.3) is 0 Å². The molecule has 0 spiro atoms. The average molecular weight is 515 g/mol. The molecule has 1 saturated heterocycles. The lowest BCUT2D eigenvalue weighted by Crippen LogP contribution is -2.55. The van der Waals surface area contributed by atoms with Crippen LogP contribution in [0.2, 0.25) is 0 Å². The van der Waals surface area contributed by atoms with Gasteiger partial charge in [0.05, 0.1) is 12.5 Å². The molecule has 0 unspecified atom stereocenters. The number of likely N-dealkylation sites (N-methyl/N-ethyl adjacent to an activating group) is 1. The molecule has 0 radical (unpaired) electrons. The third-order valence-corrected chi connectivity index (χ3v) is 7.82. The third kappa shape index (κ3) is 4.98. The van der Waals surface area contributed by atoms with Gasteiger partial charge in [-0.3, -0.25) is 14.5 Å². The fourth-order valence-electron chi connectivity index (χ4n) is 5.98. The van der Waals surface area contributed by atoms with Crippen LogP contribution in [0.5, 0.6) is 0 Å². The summed E-state index contributed by atoms with van der Waals surface area (Å²) in [6.45, 7) is 5.44. The van der Waals surface area contributed by atoms with Gasteiger partial charge in [-0.1, -0.05) is 36.4 Å². The number of piperidine rings is 1. The van der Waals surface area contributed by atoms with E-state index in [9.17, 15) is 19.6 Å². The van der Waals surface area contributed by atoms with Gasteiger partial charge in [0.15, 0.2) is 0 Å². The van der Waals surface area contributed by atoms with E-state index in [0.29, 0.717) is 12.8 Å². The van der Waals surface area contributed by atoms with Crippen LogP contribution < -0.4 is 10.2 Å². The largest absolute Gasteiger partial charge is 0.444 e. The molecule has 3 aliphatic rings. The van der Waals surface area contributed by atoms with Crippen LogP contribution in [0.3, 0.4) is 0 Å². The Kier molecular flexibility index (Phi) is 6.64. The molecule has 5 rings (SSSR count). The maximum atomic E-state index is 13.3. The summed E-state index contributed by atoms with van der Waals surface area (Å²) in [5, 5.41) is 12.7. The molecule has 38 heavy (non-hydrogen) atoms. The number of anilines is 1. The van der Waals surface area contributed by atoms with E-state index in [1.807, 2.05) is 63.2 Å². The molecule has 2 fully saturated rings. The number of amides is 3. The van der Waals surface area contributed by atoms with Crippen molar-refractivity contribution in [3.63, 3.8) is 0 Å². The lowest BCUT2D eigenvalue weighted by molar-refractivity contribution is -0.128. The molecule has 2 aromatic carbocycles. The second kappa shape index (κ2) is 9.79. The van der Waals surface area contributed by atoms with Gasteiger partial charge in [-0.25, -0.2) is 4.79 Å². The number of nitrogens with one attached hydrogen (secondary N) is 1. The van der Waals surface area contributed by atoms with Crippen LogP contribution in [0.1, 0.15) is 51.2 Å². The van der Waals surface area contributed by atoms with Crippen LogP contribution in [-0.2, 0) is 27.2 Å². The summed E-state index contributed by atoms with van der Waals surface area (Å²) >= 11 is 0. The molecule has 2 bridgehead atoms. The highest BCUT2D eigenvalue weighted by molar-refractivity contribution is 6.01. The highest BCUT2D eigenvalue weighted by Gasteiger charge is 2.52. The number of benzene rings is 2. The van der Waals surface area contributed by atoms with Crippen LogP contribution >= 0.6 is 0 Å². The van der Waals surface area contributed by atoms with E-state index in [1.54, 1.807) is 16.8 Å². The Labute approximate surface area is 223 Å². The number of fused-ring (bicyclic) bond motifs is 3. The van der Waals surface area contributed by atoms with E-state index >= 15 is 0 Å². The molecule has 8 nitrogen and oxygen atoms in total. The van der Waals surface area contributed by atoms with Gasteiger partial charge in [-0.05, 0) is 74.3 Å². The fourth-order valence-corrected chi connectivity index (χ4v) is 5.98. The van der Waals surface area contributed by atoms with Crippen LogP contribution in [0.25, 0.3) is 11.1 Å². The van der Waals surface area contributed by atoms with Crippen molar-refractivity contribution in [1.29, 1.82) is 5.26 Å². The van der Waals surface area contributed by atoms with E-state index in [4.69, 9.17) is 4.74 Å². The van der Waals surface area contributed by atoms with Gasteiger partial charge in [0.1, 0.15) is 17.7 Å². The first kappa shape index (κ1) is 25.8. The molecule has 0 aromatic heterocycles. The fraction of sp³-hybridized carbons (Fsp3) is 0.467. The second-order valence-corrected chi connectivity index (χ2v) is 11.6. The summed E-state index contributed by atoms with van der Waals surface area (Å²) in [6, 6.07) is 14.8. The molecule has 8 heteroatoms. The first-order valence-electron chi connectivity index (χ1n) is 13.2. The van der Waals surface area contributed by atoms with Crippen molar-refractivity contribution in [3.05, 3.63) is 53.6 Å². The normalized spacial score (nSPS) is 22.7. The van der Waals surface area contributed by atoms with E-state index < -0.39 is 23.8 Å². The molecular weight excluding hydrogens is 480 g/mol. The number of carbonyl (C=O) groups is 3. The Morgan fingerprint density at radius 2 is 1.84 bits per heavy atom. The smallest absolute Gasteiger partial charge is 0.411 e. The average Bonchev–Trinajstić information content (AvgIpc) is 3.56. The van der Waals surface area contributed by atoms with Crippen molar-refractivity contribution in [2.75, 3.05) is 11.9 Å². The topological polar surface area (TPSA) is 103 Å². The van der Waals surface area contributed by atoms with Crippen LogP contribution in [-0.4, -0.2) is 53.6 Å². The Morgan fingerprint density at radius 1 is 1.13 bits per heavy atom. The number of likely N-dealkylation sites (tertiary alicyclic amines) is 1. The highest BCUT2D eigenvalue weighted by Crippen LogP contribution is 2.43. The summed E-state index contributed by atoms with van der Waals surface area (Å²) < 4.78 is 5.59. The molecule has 1 saturated carbocycles. The summed E-state index contributed by atoms with van der Waals surface area (Å²) in [5.74, 6) is -0.104. The van der Waals surface area contributed by atoms with Gasteiger partial charge >= 0.3 is 6.09 Å². The predicted octanol–water partition coefficient (Wildman–Crippen LogP) is 4.21. The number of ether oxygens (including phenoxy) is 1. The molecule has 3 amide bonds. The summed E-state index contributed by atoms with van der Waals surface area (Å²) in [5.41, 5.74) is 4.27. The zero-order chi connectivity index (χ0) is 27.2. The SMILES string of the molecule is CN1C(=O)Cc2ccc(-c3ccc(C[C@@H](C#N)NC(=O)[C@@H]4[C@H]5CC[C@H](C5)N4C(=O)OC(C)(C)C)cc3)cc21. The molecule has 2 heterocycles. The number of nitrogens with zero attached hydrogens (tertiary/aromatic N) is 3. The van der Waals surface area contributed by atoms with Crippen molar-refractivity contribution in [2.45, 2.75) is 76.6 Å². The maximum Gasteiger partial charge on any atom is 0.411 e. The van der Waals surface area contributed by atoms with E-state index in [1.165, 1.54) is 0 Å². The van der Waals surface area contributed by atoms with Crippen molar-refractivity contribution in [3.8, 4) is 17.2 Å². The van der Waals surface area contributed by atoms with Crippen LogP contribution in [0.4, 0.5) is 10.5 Å². The first-order chi connectivity index (χ1) is 18.0. The molecule has 2 aliphatic heterocycles. The number of hydrogen-bond donors (Lipinski definition) is 1. The summed E-state index contributed by atoms with van der Waals surface area (Å²) in [4.78, 5) is 41.5. The van der Waals surface area contributed by atoms with Gasteiger partial charge < -0.3 is 15.0 Å². The van der Waals surface area contributed by atoms with E-state index in [2.05, 4.69) is 11.4 Å². The van der Waals surface area contributed by atoms with Crippen molar-refractivity contribution in [1.82, 2.24) is 10.2 Å². The quantitative estimate of drug-likeness (QED) is 0.644. The van der Waals surface area contributed by atoms with Crippen molar-refractivity contribution in [2.24, 2.45) is 5.92 Å². The van der Waals surface area contributed by atoms with Crippen molar-refractivity contribution >= 4 is 23.6 Å². The van der Waals surface area contributed by atoms with E-state index in [-0.39, 0.29) is 23.8 Å². The molecular formula is C30H34N4O4. The standard InChI is InChI=1S/C30H34N4O4/c1-30(2,3)38-29(37)34-24-12-11-22(14-24)27(34)28(36)32-23(17-31)13-18-5-7-19(8-6-18)20-9-10-21-16-26(35)33(4)25(21)15-20/h5-10,15,22-24,27H,11-14,16H2,1-4H3,(H,32,36)/t22-,23-,24+,27-/m0/s1. The lowest BCUT2D eigenvalue weighted by atomic mass is 9.97. The van der Waals surface area contributed by atoms with Gasteiger partial charge in [0.2, 0.25) is 11.8 Å². The molecule has 1 N–H and O–H groups in total. The molecule has 1 aliphatic carbocycles. The Bertz CT molecular complexity index is 1310. The Balaban J connectivity index is 1.25. The zero-order valence-corrected chi connectivity index (χ0v) is 22.4. The van der Waals surface area contributed by atoms with Gasteiger partial charge in [-0.2, -0.15) is 5.26 Å². The monoisotopic (exact) mass is 514 g/mol. The highest BCUT2D eigenvalue weighted by atomic mass is 16.6.